The van der Waals surface area contributed by atoms with E-state index < -0.39 is 22.3 Å². The Hall–Kier alpha value is 0.430. The second-order valence-electron chi connectivity index (χ2n) is 7.12. The quantitative estimate of drug-likeness (QED) is 0.334. The van der Waals surface area contributed by atoms with Crippen molar-refractivity contribution in [2.75, 3.05) is 0 Å². The van der Waals surface area contributed by atoms with Crippen LogP contribution in [0.2, 0.25) is 0 Å². The number of rotatable bonds is 4. The third kappa shape index (κ3) is 6.50. The van der Waals surface area contributed by atoms with Crippen molar-refractivity contribution >= 4 is 58.1 Å². The zero-order valence-corrected chi connectivity index (χ0v) is 19.0. The van der Waals surface area contributed by atoms with Crippen molar-refractivity contribution in [2.45, 2.75) is 78.8 Å². The van der Waals surface area contributed by atoms with Crippen LogP contribution in [0, 0.1) is 6.92 Å². The molecule has 0 amide bonds. The lowest BCUT2D eigenvalue weighted by atomic mass is 10.2. The minimum atomic E-state index is -4.38. The number of halogens is 3. The van der Waals surface area contributed by atoms with Crippen LogP contribution in [0.3, 0.4) is 0 Å². The first-order valence-electron chi connectivity index (χ1n) is 9.06. The van der Waals surface area contributed by atoms with Crippen molar-refractivity contribution in [2.24, 2.45) is 0 Å². The lowest BCUT2D eigenvalue weighted by Crippen LogP contribution is -2.24. The number of hydrogen-bond acceptors (Lipinski definition) is 3. The normalized spacial score (nSPS) is 19.2. The summed E-state index contributed by atoms with van der Waals surface area (Å²) in [6.07, 6.45) is 9.92. The van der Waals surface area contributed by atoms with Crippen molar-refractivity contribution in [3.8, 4) is 0 Å². The predicted molar refractivity (Wildman–Crippen MR) is 113 cm³/mol. The molecule has 0 N–H and O–H groups in total. The van der Waals surface area contributed by atoms with E-state index in [-0.39, 0.29) is 4.90 Å². The van der Waals surface area contributed by atoms with E-state index in [9.17, 15) is 13.0 Å². The summed E-state index contributed by atoms with van der Waals surface area (Å²) in [5, 5.41) is 0.916. The molecule has 0 aromatic heterocycles. The van der Waals surface area contributed by atoms with Crippen LogP contribution >= 0.6 is 42.7 Å². The monoisotopic (exact) mass is 458 g/mol. The highest BCUT2D eigenvalue weighted by molar-refractivity contribution is 7.86. The van der Waals surface area contributed by atoms with E-state index in [1.54, 1.807) is 12.1 Å². The average molecular weight is 460 g/mol. The highest BCUT2D eigenvalue weighted by Crippen LogP contribution is 2.57. The topological polar surface area (TPSA) is 57.2 Å². The van der Waals surface area contributed by atoms with E-state index in [4.69, 9.17) is 34.8 Å². The molecule has 0 bridgehead atoms. The number of alkyl halides is 3. The first kappa shape index (κ1) is 22.7. The maximum atomic E-state index is 11.8. The van der Waals surface area contributed by atoms with E-state index in [0.29, 0.717) is 11.3 Å². The molecule has 0 heterocycles. The Morgan fingerprint density at radius 2 is 1.42 bits per heavy atom. The molecule has 1 aromatic rings. The van der Waals surface area contributed by atoms with Crippen LogP contribution in [0.25, 0.3) is 0 Å². The van der Waals surface area contributed by atoms with Crippen LogP contribution in [-0.2, 0) is 10.1 Å². The molecule has 3 rings (SSSR count). The summed E-state index contributed by atoms with van der Waals surface area (Å²) < 4.78 is 34.5. The molecule has 2 aliphatic rings. The molecule has 0 aliphatic heterocycles. The molecule has 148 valence electrons. The van der Waals surface area contributed by atoms with Gasteiger partial charge in [0, 0.05) is 7.92 Å². The Morgan fingerprint density at radius 1 is 1.00 bits per heavy atom. The summed E-state index contributed by atoms with van der Waals surface area (Å²) in [6, 6.07) is 5.33. The summed E-state index contributed by atoms with van der Waals surface area (Å²) in [5.74, 6) is 0. The molecule has 2 aliphatic carbocycles. The lowest BCUT2D eigenvalue weighted by molar-refractivity contribution is 0.463. The maximum Gasteiger partial charge on any atom is 0.180 e. The van der Waals surface area contributed by atoms with Crippen LogP contribution in [0.15, 0.2) is 23.1 Å². The minimum absolute atomic E-state index is 0.0748. The fraction of sp³-hybridized carbons (Fsp3) is 0.667. The van der Waals surface area contributed by atoms with Gasteiger partial charge in [-0.1, -0.05) is 40.9 Å². The Kier molecular flexibility index (Phi) is 8.98. The molecule has 0 unspecified atom stereocenters. The fourth-order valence-corrected chi connectivity index (χ4v) is 9.99. The van der Waals surface area contributed by atoms with E-state index in [2.05, 4.69) is 0 Å². The van der Waals surface area contributed by atoms with Crippen molar-refractivity contribution in [1.29, 1.82) is 0 Å². The number of benzene rings is 1. The van der Waals surface area contributed by atoms with E-state index >= 15 is 0 Å². The molecule has 0 spiro atoms. The largest absolute Gasteiger partial charge is 0.744 e. The van der Waals surface area contributed by atoms with Crippen molar-refractivity contribution in [3.63, 3.8) is 0 Å². The van der Waals surface area contributed by atoms with Gasteiger partial charge >= 0.3 is 0 Å². The van der Waals surface area contributed by atoms with Crippen LogP contribution < -0.4 is 5.30 Å². The van der Waals surface area contributed by atoms with Crippen molar-refractivity contribution in [3.05, 3.63) is 23.8 Å². The zero-order valence-electron chi connectivity index (χ0n) is 14.9. The first-order valence-corrected chi connectivity index (χ1v) is 13.4. The molecule has 0 radical (unpaired) electrons. The SMILES string of the molecule is Cc1ccc(S(=O)(=O)[O-])c([PH+](C2CCCC2)C2CCCC2)c1.ClC(Cl)Cl. The van der Waals surface area contributed by atoms with Gasteiger partial charge in [-0.3, -0.25) is 0 Å². The number of aryl methyl sites for hydroxylation is 1. The molecular formula is C18H26Cl3O3PS. The zero-order chi connectivity index (χ0) is 19.3. The highest BCUT2D eigenvalue weighted by atomic mass is 35.6. The number of hydrogen-bond donors (Lipinski definition) is 0. The summed E-state index contributed by atoms with van der Waals surface area (Å²) in [7, 11) is -5.37. The second kappa shape index (κ2) is 10.3. The van der Waals surface area contributed by atoms with Crippen molar-refractivity contribution < 1.29 is 13.0 Å². The molecule has 2 saturated carbocycles. The Balaban J connectivity index is 0.000000552. The average Bonchev–Trinajstić information content (AvgIpc) is 3.19. The van der Waals surface area contributed by atoms with E-state index in [1.807, 2.05) is 13.0 Å². The molecule has 26 heavy (non-hydrogen) atoms. The van der Waals surface area contributed by atoms with Gasteiger partial charge in [-0.05, 0) is 76.0 Å². The van der Waals surface area contributed by atoms with Gasteiger partial charge in [0.2, 0.25) is 0 Å². The summed E-state index contributed by atoms with van der Waals surface area (Å²) in [6.45, 7) is 1.99. The molecule has 0 saturated heterocycles. The van der Waals surface area contributed by atoms with Crippen LogP contribution in [-0.4, -0.2) is 28.6 Å². The predicted octanol–water partition coefficient (Wildman–Crippen LogP) is 5.61. The van der Waals surface area contributed by atoms with Crippen LogP contribution in [0.4, 0.5) is 0 Å². The van der Waals surface area contributed by atoms with Gasteiger partial charge in [-0.25, -0.2) is 8.42 Å². The van der Waals surface area contributed by atoms with Gasteiger partial charge in [0.25, 0.3) is 0 Å². The smallest absolute Gasteiger partial charge is 0.180 e. The van der Waals surface area contributed by atoms with E-state index in [0.717, 1.165) is 10.9 Å². The summed E-state index contributed by atoms with van der Waals surface area (Å²) in [5.41, 5.74) is 2.37. The molecule has 1 aromatic carbocycles. The van der Waals surface area contributed by atoms with Crippen LogP contribution in [0.1, 0.15) is 56.9 Å². The molecular weight excluding hydrogens is 434 g/mol. The molecule has 0 atom stereocenters. The Morgan fingerprint density at radius 3 is 1.81 bits per heavy atom. The Bertz CT molecular complexity index is 666. The van der Waals surface area contributed by atoms with Gasteiger partial charge in [-0.15, -0.1) is 0 Å². The highest BCUT2D eigenvalue weighted by Gasteiger charge is 2.42. The second-order valence-corrected chi connectivity index (χ2v) is 13.5. The summed E-state index contributed by atoms with van der Waals surface area (Å²) in [4.78, 5) is 0.0748. The minimum Gasteiger partial charge on any atom is -0.744 e. The van der Waals surface area contributed by atoms with Gasteiger partial charge < -0.3 is 4.55 Å². The maximum absolute atomic E-state index is 11.8. The summed E-state index contributed by atoms with van der Waals surface area (Å²) >= 11 is 14.4. The molecule has 8 heteroatoms. The standard InChI is InChI=1S/C17H25O3PS.CHCl3/c1-13-10-11-17(22(18,19)20)16(12-13)21(14-6-2-3-7-14)15-8-4-5-9-15;2-1(3)4/h10-12,14-15H,2-9H2,1H3,(H,18,19,20);1H. The van der Waals surface area contributed by atoms with Gasteiger partial charge in [0.1, 0.15) is 15.4 Å². The van der Waals surface area contributed by atoms with E-state index in [1.165, 1.54) is 51.4 Å². The third-order valence-electron chi connectivity index (χ3n) is 5.31. The van der Waals surface area contributed by atoms with Crippen molar-refractivity contribution in [1.82, 2.24) is 0 Å². The Labute approximate surface area is 173 Å². The molecule has 2 fully saturated rings. The van der Waals surface area contributed by atoms with Crippen LogP contribution in [0.5, 0.6) is 0 Å². The van der Waals surface area contributed by atoms with Gasteiger partial charge in [-0.2, -0.15) is 0 Å². The first-order chi connectivity index (χ1) is 12.2. The lowest BCUT2D eigenvalue weighted by Gasteiger charge is -2.25. The fourth-order valence-electron chi connectivity index (χ4n) is 4.33. The van der Waals surface area contributed by atoms with Gasteiger partial charge in [0.05, 0.1) is 16.2 Å². The third-order valence-corrected chi connectivity index (χ3v) is 10.3. The van der Waals surface area contributed by atoms with Gasteiger partial charge in [0.15, 0.2) is 4.30 Å². The molecule has 3 nitrogen and oxygen atoms in total.